The molecule has 0 N–H and O–H groups in total. The molecule has 1 heterocycles. The van der Waals surface area contributed by atoms with Crippen LogP contribution < -0.4 is 9.30 Å². The summed E-state index contributed by atoms with van der Waals surface area (Å²) < 4.78 is 7.91. The molecule has 0 aliphatic heterocycles. The maximum absolute atomic E-state index is 5.51. The Morgan fingerprint density at radius 3 is 2.46 bits per heavy atom. The number of nitrogens with zero attached hydrogens (tertiary/aromatic N) is 2. The second kappa shape index (κ2) is 8.62. The van der Waals surface area contributed by atoms with E-state index in [1.54, 1.807) is 7.11 Å². The fourth-order valence-corrected chi connectivity index (χ4v) is 3.16. The monoisotopic (exact) mass is 324 g/mol. The molecule has 24 heavy (non-hydrogen) atoms. The minimum absolute atomic E-state index is 0. The highest BCUT2D eigenvalue weighted by Gasteiger charge is 2.18. The Morgan fingerprint density at radius 1 is 0.917 bits per heavy atom. The maximum atomic E-state index is 5.51. The van der Waals surface area contributed by atoms with Gasteiger partial charge in [0.25, 0.3) is 0 Å². The average molecular weight is 324 g/mol. The van der Waals surface area contributed by atoms with E-state index in [0.29, 0.717) is 0 Å². The van der Waals surface area contributed by atoms with Crippen LogP contribution in [-0.2, 0) is 6.54 Å². The molecule has 3 heteroatoms. The Bertz CT molecular complexity index is 798. The van der Waals surface area contributed by atoms with E-state index in [9.17, 15) is 0 Å². The number of ether oxygens (including phenoxy) is 1. The summed E-state index contributed by atoms with van der Waals surface area (Å²) in [6.07, 6.45) is 6.41. The van der Waals surface area contributed by atoms with Crippen LogP contribution >= 0.6 is 0 Å². The van der Waals surface area contributed by atoms with Crippen LogP contribution in [0.3, 0.4) is 0 Å². The largest absolute Gasteiger partial charge is 0.494 e. The number of hydrogen-bond donors (Lipinski definition) is 0. The number of unbranched alkanes of at least 4 members (excludes halogenated alkanes) is 4. The summed E-state index contributed by atoms with van der Waals surface area (Å²) in [5, 5.41) is 0. The summed E-state index contributed by atoms with van der Waals surface area (Å²) in [4.78, 5) is 4.82. The first kappa shape index (κ1) is 18.2. The van der Waals surface area contributed by atoms with E-state index in [4.69, 9.17) is 9.72 Å². The van der Waals surface area contributed by atoms with Crippen molar-refractivity contribution in [3.63, 3.8) is 0 Å². The van der Waals surface area contributed by atoms with Crippen LogP contribution in [0.4, 0.5) is 0 Å². The molecule has 0 spiro atoms. The predicted molar refractivity (Wildman–Crippen MR) is 101 cm³/mol. The van der Waals surface area contributed by atoms with E-state index >= 15 is 0 Å². The number of rotatable bonds is 7. The van der Waals surface area contributed by atoms with E-state index in [1.807, 2.05) is 18.2 Å². The van der Waals surface area contributed by atoms with Crippen molar-refractivity contribution in [1.29, 1.82) is 0 Å². The van der Waals surface area contributed by atoms with Gasteiger partial charge in [0.15, 0.2) is 11.3 Å². The van der Waals surface area contributed by atoms with Gasteiger partial charge in [0.1, 0.15) is 12.1 Å². The molecular formula is C21H28N2O. The van der Waals surface area contributed by atoms with Gasteiger partial charge in [-0.2, -0.15) is 4.57 Å². The first-order valence-corrected chi connectivity index (χ1v) is 8.60. The van der Waals surface area contributed by atoms with Gasteiger partial charge in [-0.3, -0.25) is 0 Å². The van der Waals surface area contributed by atoms with Gasteiger partial charge in [-0.1, -0.05) is 44.4 Å². The highest BCUT2D eigenvalue weighted by Crippen LogP contribution is 2.23. The molecule has 2 aromatic carbocycles. The smallest absolute Gasteiger partial charge is 0.235 e. The van der Waals surface area contributed by atoms with Crippen LogP contribution in [0, 0.1) is 7.43 Å². The molecule has 0 aliphatic carbocycles. The molecule has 0 aliphatic rings. The second-order valence-corrected chi connectivity index (χ2v) is 5.99. The van der Waals surface area contributed by atoms with E-state index in [-0.39, 0.29) is 7.43 Å². The molecule has 0 fully saturated rings. The zero-order valence-corrected chi connectivity index (χ0v) is 15.1. The summed E-state index contributed by atoms with van der Waals surface area (Å²) in [5.41, 5.74) is 4.32. The van der Waals surface area contributed by atoms with Gasteiger partial charge in [0, 0.05) is 18.6 Å². The molecular weight excluding hydrogens is 296 g/mol. The molecule has 0 bridgehead atoms. The van der Waals surface area contributed by atoms with Crippen molar-refractivity contribution in [3.8, 4) is 5.75 Å². The van der Waals surface area contributed by atoms with E-state index in [1.165, 1.54) is 37.6 Å². The van der Waals surface area contributed by atoms with Gasteiger partial charge < -0.3 is 12.2 Å². The van der Waals surface area contributed by atoms with Crippen molar-refractivity contribution in [2.24, 2.45) is 0 Å². The average Bonchev–Trinajstić information content (AvgIpc) is 2.60. The number of hydrogen-bond acceptors (Lipinski definition) is 2. The van der Waals surface area contributed by atoms with Crippen LogP contribution in [0.2, 0.25) is 0 Å². The minimum atomic E-state index is 0. The SMILES string of the molecule is CCCCCCC[n+]1c2ccccc2nc2c(OC)cccc21.[CH3-]. The summed E-state index contributed by atoms with van der Waals surface area (Å²) >= 11 is 0. The Morgan fingerprint density at radius 2 is 1.67 bits per heavy atom. The van der Waals surface area contributed by atoms with Crippen LogP contribution in [0.1, 0.15) is 39.0 Å². The molecule has 3 aromatic rings. The third kappa shape index (κ3) is 3.66. The lowest BCUT2D eigenvalue weighted by molar-refractivity contribution is -0.646. The van der Waals surface area contributed by atoms with Crippen molar-refractivity contribution in [3.05, 3.63) is 49.9 Å². The van der Waals surface area contributed by atoms with Gasteiger partial charge >= 0.3 is 0 Å². The molecule has 0 saturated carbocycles. The number of aryl methyl sites for hydroxylation is 1. The summed E-state index contributed by atoms with van der Waals surface area (Å²) in [7, 11) is 1.71. The standard InChI is InChI=1S/C20H25N2O.CH3/c1-3-4-5-6-9-15-22-17-12-8-7-11-16(17)21-20-18(22)13-10-14-19(20)23-2;/h7-8,10-14H,3-6,9,15H2,1-2H3;1H3/q+1;-1. The molecule has 3 nitrogen and oxygen atoms in total. The summed E-state index contributed by atoms with van der Waals surface area (Å²) in [5.74, 6) is 0.841. The lowest BCUT2D eigenvalue weighted by atomic mass is 10.1. The maximum Gasteiger partial charge on any atom is 0.235 e. The summed E-state index contributed by atoms with van der Waals surface area (Å²) in [6.45, 7) is 3.28. The third-order valence-corrected chi connectivity index (χ3v) is 4.38. The minimum Gasteiger partial charge on any atom is -0.494 e. The fourth-order valence-electron chi connectivity index (χ4n) is 3.16. The highest BCUT2D eigenvalue weighted by atomic mass is 16.5. The first-order chi connectivity index (χ1) is 11.3. The van der Waals surface area contributed by atoms with Gasteiger partial charge in [-0.15, -0.1) is 0 Å². The molecule has 0 radical (unpaired) electrons. The van der Waals surface area contributed by atoms with Gasteiger partial charge in [-0.05, 0) is 18.6 Å². The zero-order chi connectivity index (χ0) is 16.1. The molecule has 128 valence electrons. The Kier molecular flexibility index (Phi) is 6.53. The molecule has 0 saturated heterocycles. The second-order valence-electron chi connectivity index (χ2n) is 5.99. The summed E-state index contributed by atoms with van der Waals surface area (Å²) in [6, 6.07) is 14.5. The van der Waals surface area contributed by atoms with Crippen molar-refractivity contribution in [2.75, 3.05) is 7.11 Å². The lowest BCUT2D eigenvalue weighted by Crippen LogP contribution is -2.36. The van der Waals surface area contributed by atoms with Crippen LogP contribution in [0.15, 0.2) is 42.5 Å². The number of fused-ring (bicyclic) bond motifs is 2. The van der Waals surface area contributed by atoms with Crippen LogP contribution in [-0.4, -0.2) is 12.1 Å². The fraction of sp³-hybridized carbons (Fsp3) is 0.381. The molecule has 0 amide bonds. The lowest BCUT2D eigenvalue weighted by Gasteiger charge is -2.08. The topological polar surface area (TPSA) is 26.0 Å². The van der Waals surface area contributed by atoms with Crippen molar-refractivity contribution in [2.45, 2.75) is 45.6 Å². The Hall–Kier alpha value is -2.16. The van der Waals surface area contributed by atoms with Gasteiger partial charge in [0.2, 0.25) is 11.0 Å². The number of aromatic nitrogens is 2. The number of para-hydroxylation sites is 3. The van der Waals surface area contributed by atoms with Crippen molar-refractivity contribution >= 4 is 22.1 Å². The van der Waals surface area contributed by atoms with Gasteiger partial charge in [-0.25, -0.2) is 4.98 Å². The molecule has 3 rings (SSSR count). The Balaban J connectivity index is 0.00000208. The van der Waals surface area contributed by atoms with Gasteiger partial charge in [0.05, 0.1) is 7.11 Å². The van der Waals surface area contributed by atoms with E-state index in [2.05, 4.69) is 35.8 Å². The predicted octanol–water partition coefficient (Wildman–Crippen LogP) is 5.10. The molecule has 1 aromatic heterocycles. The molecule has 0 atom stereocenters. The zero-order valence-electron chi connectivity index (χ0n) is 15.1. The van der Waals surface area contributed by atoms with Crippen LogP contribution in [0.5, 0.6) is 5.75 Å². The highest BCUT2D eigenvalue weighted by molar-refractivity contribution is 5.85. The van der Waals surface area contributed by atoms with E-state index in [0.717, 1.165) is 28.8 Å². The van der Waals surface area contributed by atoms with Crippen LogP contribution in [0.25, 0.3) is 22.1 Å². The number of methoxy groups -OCH3 is 1. The third-order valence-electron chi connectivity index (χ3n) is 4.38. The quantitative estimate of drug-likeness (QED) is 0.261. The van der Waals surface area contributed by atoms with Crippen molar-refractivity contribution < 1.29 is 9.30 Å². The first-order valence-electron chi connectivity index (χ1n) is 8.60. The normalized spacial score (nSPS) is 10.8. The van der Waals surface area contributed by atoms with Crippen molar-refractivity contribution in [1.82, 2.24) is 4.98 Å². The van der Waals surface area contributed by atoms with E-state index < -0.39 is 0 Å². The number of benzene rings is 2. The molecule has 0 unspecified atom stereocenters. The Labute approximate surface area is 145 Å².